The monoisotopic (exact) mass is 264 g/mol. The summed E-state index contributed by atoms with van der Waals surface area (Å²) in [7, 11) is 0. The Morgan fingerprint density at radius 3 is 2.84 bits per heavy atom. The van der Waals surface area contributed by atoms with Crippen molar-refractivity contribution in [2.24, 2.45) is 5.73 Å². The van der Waals surface area contributed by atoms with Crippen molar-refractivity contribution in [3.05, 3.63) is 35.9 Å². The smallest absolute Gasteiger partial charge is 0.237 e. The Morgan fingerprint density at radius 1 is 1.37 bits per heavy atom. The maximum absolute atomic E-state index is 11.9. The first-order valence-corrected chi connectivity index (χ1v) is 6.52. The van der Waals surface area contributed by atoms with Crippen LogP contribution in [0.3, 0.4) is 0 Å². The molecule has 3 N–H and O–H groups in total. The van der Waals surface area contributed by atoms with Crippen LogP contribution < -0.4 is 11.1 Å². The summed E-state index contributed by atoms with van der Waals surface area (Å²) in [5.41, 5.74) is 6.94. The molecule has 2 atom stereocenters. The molecule has 1 unspecified atom stereocenters. The van der Waals surface area contributed by atoms with Gasteiger partial charge in [0.1, 0.15) is 0 Å². The molecule has 0 radical (unpaired) electrons. The Labute approximate surface area is 113 Å². The highest BCUT2D eigenvalue weighted by atomic mass is 16.6. The Hall–Kier alpha value is -1.43. The van der Waals surface area contributed by atoms with Crippen LogP contribution >= 0.6 is 0 Å². The lowest BCUT2D eigenvalue weighted by Crippen LogP contribution is -2.46. The summed E-state index contributed by atoms with van der Waals surface area (Å²) in [5, 5.41) is 2.80. The number of benzene rings is 1. The van der Waals surface area contributed by atoms with E-state index in [0.717, 1.165) is 5.56 Å². The molecule has 1 aliphatic rings. The largest absolute Gasteiger partial charge is 0.376 e. The van der Waals surface area contributed by atoms with Crippen LogP contribution in [0.5, 0.6) is 0 Å². The maximum Gasteiger partial charge on any atom is 0.237 e. The van der Waals surface area contributed by atoms with Crippen molar-refractivity contribution in [2.75, 3.05) is 26.4 Å². The molecule has 0 aromatic heterocycles. The molecule has 1 saturated heterocycles. The fourth-order valence-corrected chi connectivity index (χ4v) is 1.96. The fraction of sp³-hybridized carbons (Fsp3) is 0.500. The summed E-state index contributed by atoms with van der Waals surface area (Å²) in [6.45, 7) is 2.17. The molecule has 0 bridgehead atoms. The first-order chi connectivity index (χ1) is 9.25. The van der Waals surface area contributed by atoms with Gasteiger partial charge >= 0.3 is 0 Å². The van der Waals surface area contributed by atoms with Gasteiger partial charge in [0.15, 0.2) is 0 Å². The Bertz CT molecular complexity index is 391. The van der Waals surface area contributed by atoms with E-state index in [1.807, 2.05) is 30.3 Å². The third-order valence-electron chi connectivity index (χ3n) is 3.02. The van der Waals surface area contributed by atoms with Crippen LogP contribution in [0, 0.1) is 0 Å². The van der Waals surface area contributed by atoms with Crippen molar-refractivity contribution < 1.29 is 14.3 Å². The summed E-state index contributed by atoms with van der Waals surface area (Å²) < 4.78 is 10.7. The predicted molar refractivity (Wildman–Crippen MR) is 71.7 cm³/mol. The minimum absolute atomic E-state index is 0.0679. The minimum atomic E-state index is -0.535. The van der Waals surface area contributed by atoms with Crippen molar-refractivity contribution >= 4 is 5.91 Å². The third-order valence-corrected chi connectivity index (χ3v) is 3.02. The van der Waals surface area contributed by atoms with Crippen LogP contribution in [0.4, 0.5) is 0 Å². The van der Waals surface area contributed by atoms with Gasteiger partial charge in [-0.2, -0.15) is 0 Å². The molecule has 0 spiro atoms. The van der Waals surface area contributed by atoms with Gasteiger partial charge in [-0.3, -0.25) is 4.79 Å². The van der Waals surface area contributed by atoms with Crippen LogP contribution in [0.15, 0.2) is 30.3 Å². The van der Waals surface area contributed by atoms with E-state index in [4.69, 9.17) is 15.2 Å². The SMILES string of the molecule is N[C@H](Cc1ccccc1)C(=O)NCC1COCCO1. The average Bonchev–Trinajstić information content (AvgIpc) is 2.47. The molecule has 1 aliphatic heterocycles. The molecule has 0 saturated carbocycles. The number of hydrogen-bond donors (Lipinski definition) is 2. The third kappa shape index (κ3) is 4.63. The highest BCUT2D eigenvalue weighted by Crippen LogP contribution is 2.03. The van der Waals surface area contributed by atoms with E-state index in [1.54, 1.807) is 0 Å². The maximum atomic E-state index is 11.9. The number of rotatable bonds is 5. The van der Waals surface area contributed by atoms with Gasteiger partial charge in [0.2, 0.25) is 5.91 Å². The van der Waals surface area contributed by atoms with E-state index >= 15 is 0 Å². The Kier molecular flexibility index (Phi) is 5.32. The lowest BCUT2D eigenvalue weighted by molar-refractivity contribution is -0.125. The number of nitrogens with one attached hydrogen (secondary N) is 1. The van der Waals surface area contributed by atoms with Gasteiger partial charge in [-0.05, 0) is 12.0 Å². The predicted octanol–water partition coefficient (Wildman–Crippen LogP) is 0.0880. The first-order valence-electron chi connectivity index (χ1n) is 6.52. The molecule has 104 valence electrons. The van der Waals surface area contributed by atoms with E-state index in [0.29, 0.717) is 32.8 Å². The number of ether oxygens (including phenoxy) is 2. The second kappa shape index (κ2) is 7.23. The summed E-state index contributed by atoms with van der Waals surface area (Å²) in [6.07, 6.45) is 0.468. The molecule has 2 rings (SSSR count). The van der Waals surface area contributed by atoms with E-state index < -0.39 is 6.04 Å². The van der Waals surface area contributed by atoms with Gasteiger partial charge in [-0.1, -0.05) is 30.3 Å². The molecule has 1 aromatic carbocycles. The number of amides is 1. The molecule has 5 nitrogen and oxygen atoms in total. The zero-order valence-corrected chi connectivity index (χ0v) is 10.9. The van der Waals surface area contributed by atoms with E-state index in [9.17, 15) is 4.79 Å². The number of nitrogens with two attached hydrogens (primary N) is 1. The van der Waals surface area contributed by atoms with Crippen LogP contribution in [-0.2, 0) is 20.7 Å². The molecule has 1 aromatic rings. The Morgan fingerprint density at radius 2 is 2.16 bits per heavy atom. The summed E-state index contributed by atoms with van der Waals surface area (Å²) in [4.78, 5) is 11.9. The minimum Gasteiger partial charge on any atom is -0.376 e. The van der Waals surface area contributed by atoms with Crippen molar-refractivity contribution in [3.63, 3.8) is 0 Å². The van der Waals surface area contributed by atoms with Gasteiger partial charge in [0.25, 0.3) is 0 Å². The number of carbonyl (C=O) groups excluding carboxylic acids is 1. The van der Waals surface area contributed by atoms with Crippen LogP contribution in [0.25, 0.3) is 0 Å². The molecule has 1 amide bonds. The standard InChI is InChI=1S/C14H20N2O3/c15-13(8-11-4-2-1-3-5-11)14(17)16-9-12-10-18-6-7-19-12/h1-5,12-13H,6-10,15H2,(H,16,17)/t12?,13-/m1/s1. The molecule has 19 heavy (non-hydrogen) atoms. The summed E-state index contributed by atoms with van der Waals surface area (Å²) in [5.74, 6) is -0.155. The van der Waals surface area contributed by atoms with E-state index in [1.165, 1.54) is 0 Å². The quantitative estimate of drug-likeness (QED) is 0.790. The molecule has 5 heteroatoms. The highest BCUT2D eigenvalue weighted by molar-refractivity contribution is 5.81. The van der Waals surface area contributed by atoms with Crippen molar-refractivity contribution in [1.82, 2.24) is 5.32 Å². The van der Waals surface area contributed by atoms with Crippen molar-refractivity contribution in [1.29, 1.82) is 0 Å². The molecular weight excluding hydrogens is 244 g/mol. The van der Waals surface area contributed by atoms with Crippen LogP contribution in [0.1, 0.15) is 5.56 Å². The molecular formula is C14H20N2O3. The van der Waals surface area contributed by atoms with Gasteiger partial charge in [-0.25, -0.2) is 0 Å². The van der Waals surface area contributed by atoms with Gasteiger partial charge < -0.3 is 20.5 Å². The van der Waals surface area contributed by atoms with E-state index in [2.05, 4.69) is 5.32 Å². The number of carbonyl (C=O) groups is 1. The van der Waals surface area contributed by atoms with Crippen LogP contribution in [-0.4, -0.2) is 44.4 Å². The zero-order chi connectivity index (χ0) is 13.5. The number of hydrogen-bond acceptors (Lipinski definition) is 4. The van der Waals surface area contributed by atoms with Crippen molar-refractivity contribution in [2.45, 2.75) is 18.6 Å². The summed E-state index contributed by atoms with van der Waals surface area (Å²) >= 11 is 0. The normalized spacial score (nSPS) is 20.8. The lowest BCUT2D eigenvalue weighted by Gasteiger charge is -2.23. The molecule has 0 aliphatic carbocycles. The van der Waals surface area contributed by atoms with Crippen LogP contribution in [0.2, 0.25) is 0 Å². The fourth-order valence-electron chi connectivity index (χ4n) is 1.96. The van der Waals surface area contributed by atoms with E-state index in [-0.39, 0.29) is 12.0 Å². The van der Waals surface area contributed by atoms with Gasteiger partial charge in [0.05, 0.1) is 32.0 Å². The second-order valence-corrected chi connectivity index (χ2v) is 4.61. The van der Waals surface area contributed by atoms with Gasteiger partial charge in [-0.15, -0.1) is 0 Å². The molecule has 1 fully saturated rings. The lowest BCUT2D eigenvalue weighted by atomic mass is 10.1. The Balaban J connectivity index is 1.73. The van der Waals surface area contributed by atoms with Crippen molar-refractivity contribution in [3.8, 4) is 0 Å². The highest BCUT2D eigenvalue weighted by Gasteiger charge is 2.18. The topological polar surface area (TPSA) is 73.6 Å². The first kappa shape index (κ1) is 14.0. The average molecular weight is 264 g/mol. The second-order valence-electron chi connectivity index (χ2n) is 4.61. The molecule has 1 heterocycles. The van der Waals surface area contributed by atoms with Gasteiger partial charge in [0, 0.05) is 6.54 Å². The summed E-state index contributed by atoms with van der Waals surface area (Å²) in [6, 6.07) is 9.21. The zero-order valence-electron chi connectivity index (χ0n) is 10.9.